The molecule has 0 aliphatic carbocycles. The van der Waals surface area contributed by atoms with E-state index in [1.165, 1.54) is 12.1 Å². The van der Waals surface area contributed by atoms with Gasteiger partial charge in [-0.25, -0.2) is 4.39 Å². The number of nitrogens with two attached hydrogens (primary N) is 1. The van der Waals surface area contributed by atoms with Crippen LogP contribution in [0.3, 0.4) is 0 Å². The zero-order chi connectivity index (χ0) is 9.84. The fourth-order valence-electron chi connectivity index (χ4n) is 1.11. The standard InChI is InChI=1S/C10H12FNO/c1-7(5-6-12)8-3-2-4-9(11)10(8)13/h2-4,13H,1,5-6,12H2. The van der Waals surface area contributed by atoms with E-state index in [1.807, 2.05) is 0 Å². The van der Waals surface area contributed by atoms with Gasteiger partial charge in [0, 0.05) is 5.56 Å². The van der Waals surface area contributed by atoms with E-state index >= 15 is 0 Å². The third-order valence-corrected chi connectivity index (χ3v) is 1.81. The van der Waals surface area contributed by atoms with Crippen molar-refractivity contribution in [3.8, 4) is 5.75 Å². The first kappa shape index (κ1) is 9.74. The lowest BCUT2D eigenvalue weighted by Gasteiger charge is -2.06. The molecule has 1 aromatic carbocycles. The van der Waals surface area contributed by atoms with Gasteiger partial charge in [0.1, 0.15) is 0 Å². The number of rotatable bonds is 3. The summed E-state index contributed by atoms with van der Waals surface area (Å²) in [5.41, 5.74) is 6.41. The second-order valence-electron chi connectivity index (χ2n) is 2.78. The van der Waals surface area contributed by atoms with Gasteiger partial charge in [-0.05, 0) is 24.6 Å². The van der Waals surface area contributed by atoms with Gasteiger partial charge in [-0.3, -0.25) is 0 Å². The maximum atomic E-state index is 12.9. The van der Waals surface area contributed by atoms with E-state index in [0.717, 1.165) is 0 Å². The third kappa shape index (κ3) is 2.06. The molecule has 0 aliphatic rings. The lowest BCUT2D eigenvalue weighted by Crippen LogP contribution is -1.99. The van der Waals surface area contributed by atoms with Gasteiger partial charge >= 0.3 is 0 Å². The molecule has 0 saturated heterocycles. The summed E-state index contributed by atoms with van der Waals surface area (Å²) in [4.78, 5) is 0. The molecular formula is C10H12FNO. The lowest BCUT2D eigenvalue weighted by atomic mass is 10.0. The van der Waals surface area contributed by atoms with E-state index in [4.69, 9.17) is 5.73 Å². The average Bonchev–Trinajstić information content (AvgIpc) is 2.10. The predicted octanol–water partition coefficient (Wildman–Crippen LogP) is 1.89. The second-order valence-corrected chi connectivity index (χ2v) is 2.78. The molecule has 0 spiro atoms. The van der Waals surface area contributed by atoms with Crippen LogP contribution in [0.2, 0.25) is 0 Å². The molecule has 0 amide bonds. The molecule has 13 heavy (non-hydrogen) atoms. The minimum absolute atomic E-state index is 0.346. The van der Waals surface area contributed by atoms with Crippen LogP contribution in [0.4, 0.5) is 4.39 Å². The number of benzene rings is 1. The molecule has 70 valence electrons. The SMILES string of the molecule is C=C(CCN)c1cccc(F)c1O. The smallest absolute Gasteiger partial charge is 0.165 e. The Kier molecular flexibility index (Phi) is 3.03. The first-order valence-electron chi connectivity index (χ1n) is 4.02. The summed E-state index contributed by atoms with van der Waals surface area (Å²) in [6, 6.07) is 4.36. The summed E-state index contributed by atoms with van der Waals surface area (Å²) in [7, 11) is 0. The van der Waals surface area contributed by atoms with E-state index in [0.29, 0.717) is 24.1 Å². The van der Waals surface area contributed by atoms with E-state index in [9.17, 15) is 9.50 Å². The third-order valence-electron chi connectivity index (χ3n) is 1.81. The van der Waals surface area contributed by atoms with Crippen LogP contribution in [-0.2, 0) is 0 Å². The zero-order valence-electron chi connectivity index (χ0n) is 7.26. The molecule has 1 aromatic rings. The molecule has 0 fully saturated rings. The minimum Gasteiger partial charge on any atom is -0.504 e. The van der Waals surface area contributed by atoms with Crippen molar-refractivity contribution in [3.63, 3.8) is 0 Å². The van der Waals surface area contributed by atoms with Gasteiger partial charge < -0.3 is 10.8 Å². The summed E-state index contributed by atoms with van der Waals surface area (Å²) in [5.74, 6) is -0.975. The minimum atomic E-state index is -0.629. The first-order chi connectivity index (χ1) is 6.16. The Morgan fingerprint density at radius 2 is 2.23 bits per heavy atom. The molecule has 3 N–H and O–H groups in total. The molecular weight excluding hydrogens is 169 g/mol. The van der Waals surface area contributed by atoms with Gasteiger partial charge in [0.2, 0.25) is 0 Å². The Labute approximate surface area is 76.5 Å². The van der Waals surface area contributed by atoms with Crippen LogP contribution in [0, 0.1) is 5.82 Å². The molecule has 0 aromatic heterocycles. The van der Waals surface area contributed by atoms with Crippen LogP contribution in [0.5, 0.6) is 5.75 Å². The van der Waals surface area contributed by atoms with Crippen LogP contribution in [-0.4, -0.2) is 11.7 Å². The normalized spacial score (nSPS) is 10.0. The molecule has 0 atom stereocenters. The van der Waals surface area contributed by atoms with E-state index in [-0.39, 0.29) is 5.75 Å². The highest BCUT2D eigenvalue weighted by Gasteiger charge is 2.08. The highest BCUT2D eigenvalue weighted by atomic mass is 19.1. The van der Waals surface area contributed by atoms with Crippen molar-refractivity contribution in [2.45, 2.75) is 6.42 Å². The molecule has 0 unspecified atom stereocenters. The summed E-state index contributed by atoms with van der Waals surface area (Å²) in [5, 5.41) is 9.32. The summed E-state index contributed by atoms with van der Waals surface area (Å²) >= 11 is 0. The zero-order valence-corrected chi connectivity index (χ0v) is 7.26. The lowest BCUT2D eigenvalue weighted by molar-refractivity contribution is 0.430. The van der Waals surface area contributed by atoms with Gasteiger partial charge in [0.05, 0.1) is 0 Å². The van der Waals surface area contributed by atoms with Gasteiger partial charge in [0.15, 0.2) is 11.6 Å². The quantitative estimate of drug-likeness (QED) is 0.748. The maximum absolute atomic E-state index is 12.9. The Balaban J connectivity index is 3.01. The number of para-hydroxylation sites is 1. The number of aromatic hydroxyl groups is 1. The molecule has 0 saturated carbocycles. The maximum Gasteiger partial charge on any atom is 0.165 e. The highest BCUT2D eigenvalue weighted by molar-refractivity contribution is 5.68. The van der Waals surface area contributed by atoms with Crippen LogP contribution in [0.1, 0.15) is 12.0 Å². The largest absolute Gasteiger partial charge is 0.504 e. The Bertz CT molecular complexity index is 323. The van der Waals surface area contributed by atoms with Crippen molar-refractivity contribution >= 4 is 5.57 Å². The Hall–Kier alpha value is -1.35. The van der Waals surface area contributed by atoms with Crippen LogP contribution in [0.15, 0.2) is 24.8 Å². The van der Waals surface area contributed by atoms with E-state index in [1.54, 1.807) is 6.07 Å². The van der Waals surface area contributed by atoms with E-state index in [2.05, 4.69) is 6.58 Å². The second kappa shape index (κ2) is 4.05. The molecule has 0 bridgehead atoms. The van der Waals surface area contributed by atoms with E-state index < -0.39 is 5.82 Å². The van der Waals surface area contributed by atoms with Crippen molar-refractivity contribution < 1.29 is 9.50 Å². The summed E-state index contributed by atoms with van der Waals surface area (Å²) < 4.78 is 12.9. The van der Waals surface area contributed by atoms with Crippen molar-refractivity contribution in [3.05, 3.63) is 36.2 Å². The number of hydrogen-bond donors (Lipinski definition) is 2. The van der Waals surface area contributed by atoms with Crippen molar-refractivity contribution in [1.29, 1.82) is 0 Å². The van der Waals surface area contributed by atoms with Gasteiger partial charge in [-0.1, -0.05) is 18.7 Å². The summed E-state index contributed by atoms with van der Waals surface area (Å²) in [6.07, 6.45) is 0.553. The molecule has 0 aliphatic heterocycles. The van der Waals surface area contributed by atoms with Gasteiger partial charge in [0.25, 0.3) is 0 Å². The van der Waals surface area contributed by atoms with Crippen molar-refractivity contribution in [1.82, 2.24) is 0 Å². The van der Waals surface area contributed by atoms with Crippen LogP contribution in [0.25, 0.3) is 5.57 Å². The highest BCUT2D eigenvalue weighted by Crippen LogP contribution is 2.27. The van der Waals surface area contributed by atoms with Crippen LogP contribution < -0.4 is 5.73 Å². The van der Waals surface area contributed by atoms with Crippen molar-refractivity contribution in [2.24, 2.45) is 5.73 Å². The fourth-order valence-corrected chi connectivity index (χ4v) is 1.11. The predicted molar refractivity (Wildman–Crippen MR) is 50.8 cm³/mol. The topological polar surface area (TPSA) is 46.2 Å². The number of hydrogen-bond acceptors (Lipinski definition) is 2. The Morgan fingerprint density at radius 3 is 2.85 bits per heavy atom. The molecule has 0 radical (unpaired) electrons. The first-order valence-corrected chi connectivity index (χ1v) is 4.02. The van der Waals surface area contributed by atoms with Crippen LogP contribution >= 0.6 is 0 Å². The molecule has 2 nitrogen and oxygen atoms in total. The number of phenolic OH excluding ortho intramolecular Hbond substituents is 1. The monoisotopic (exact) mass is 181 g/mol. The molecule has 1 rings (SSSR count). The van der Waals surface area contributed by atoms with Gasteiger partial charge in [-0.2, -0.15) is 0 Å². The molecule has 0 heterocycles. The Morgan fingerprint density at radius 1 is 1.54 bits per heavy atom. The van der Waals surface area contributed by atoms with Crippen molar-refractivity contribution in [2.75, 3.05) is 6.54 Å². The summed E-state index contributed by atoms with van der Waals surface area (Å²) in [6.45, 7) is 4.15. The number of phenols is 1. The van der Waals surface area contributed by atoms with Gasteiger partial charge in [-0.15, -0.1) is 0 Å². The average molecular weight is 181 g/mol. The molecule has 3 heteroatoms. The fraction of sp³-hybridized carbons (Fsp3) is 0.200. The number of halogens is 1.